The number of nitrogens with one attached hydrogen (secondary N) is 2. The molecule has 0 radical (unpaired) electrons. The fourth-order valence-electron chi connectivity index (χ4n) is 2.66. The van der Waals surface area contributed by atoms with Gasteiger partial charge in [-0.1, -0.05) is 24.3 Å². The number of carbonyl (C=O) groups is 1. The van der Waals surface area contributed by atoms with E-state index >= 15 is 0 Å². The van der Waals surface area contributed by atoms with E-state index in [2.05, 4.69) is 10.6 Å². The number of hydrogen-bond acceptors (Lipinski definition) is 4. The summed E-state index contributed by atoms with van der Waals surface area (Å²) in [6.45, 7) is 0.816. The summed E-state index contributed by atoms with van der Waals surface area (Å²) in [5.74, 6) is 1.54. The first-order chi connectivity index (χ1) is 12.2. The van der Waals surface area contributed by atoms with Crippen molar-refractivity contribution < 1.29 is 14.3 Å². The van der Waals surface area contributed by atoms with E-state index in [0.717, 1.165) is 35.6 Å². The minimum absolute atomic E-state index is 0.0193. The van der Waals surface area contributed by atoms with E-state index in [4.69, 9.17) is 9.47 Å². The summed E-state index contributed by atoms with van der Waals surface area (Å²) in [6, 6.07) is 15.2. The molecule has 0 saturated heterocycles. The summed E-state index contributed by atoms with van der Waals surface area (Å²) in [5, 5.41) is 6.19. The summed E-state index contributed by atoms with van der Waals surface area (Å²) >= 11 is 0. The molecular weight excluding hydrogens is 316 g/mol. The molecule has 5 heteroatoms. The first-order valence-electron chi connectivity index (χ1n) is 8.39. The standard InChI is InChI=1S/C20H26N2O3/c1-21-12-6-11-19(23)22-20(15-7-4-9-17(13-15)24-2)16-8-5-10-18(14-16)25-3/h4-5,7-10,13-14,20-21H,6,11-12H2,1-3H3,(H,22,23). The van der Waals surface area contributed by atoms with Crippen molar-refractivity contribution in [1.29, 1.82) is 0 Å². The van der Waals surface area contributed by atoms with Crippen LogP contribution in [-0.2, 0) is 4.79 Å². The zero-order valence-electron chi connectivity index (χ0n) is 15.0. The first kappa shape index (κ1) is 18.8. The molecule has 0 aliphatic rings. The van der Waals surface area contributed by atoms with Crippen LogP contribution in [0.2, 0.25) is 0 Å². The first-order valence-corrected chi connectivity index (χ1v) is 8.39. The number of benzene rings is 2. The van der Waals surface area contributed by atoms with E-state index in [-0.39, 0.29) is 11.9 Å². The lowest BCUT2D eigenvalue weighted by Crippen LogP contribution is -2.29. The average molecular weight is 342 g/mol. The summed E-state index contributed by atoms with van der Waals surface area (Å²) in [7, 11) is 5.15. The number of rotatable bonds is 9. The predicted octanol–water partition coefficient (Wildman–Crippen LogP) is 2.91. The van der Waals surface area contributed by atoms with Gasteiger partial charge in [-0.3, -0.25) is 4.79 Å². The predicted molar refractivity (Wildman–Crippen MR) is 99.1 cm³/mol. The fourth-order valence-corrected chi connectivity index (χ4v) is 2.66. The molecule has 2 aromatic carbocycles. The van der Waals surface area contributed by atoms with Crippen molar-refractivity contribution in [1.82, 2.24) is 10.6 Å². The van der Waals surface area contributed by atoms with Crippen molar-refractivity contribution in [2.75, 3.05) is 27.8 Å². The van der Waals surface area contributed by atoms with Crippen LogP contribution in [0.4, 0.5) is 0 Å². The molecule has 0 saturated carbocycles. The van der Waals surface area contributed by atoms with Crippen molar-refractivity contribution in [2.24, 2.45) is 0 Å². The van der Waals surface area contributed by atoms with E-state index in [9.17, 15) is 4.79 Å². The third kappa shape index (κ3) is 5.50. The maximum Gasteiger partial charge on any atom is 0.220 e. The Morgan fingerprint density at radius 3 is 2.04 bits per heavy atom. The molecule has 134 valence electrons. The highest BCUT2D eigenvalue weighted by Gasteiger charge is 2.18. The summed E-state index contributed by atoms with van der Waals surface area (Å²) in [6.07, 6.45) is 1.27. The molecule has 0 bridgehead atoms. The Balaban J connectivity index is 2.28. The minimum Gasteiger partial charge on any atom is -0.497 e. The van der Waals surface area contributed by atoms with Crippen LogP contribution in [0, 0.1) is 0 Å². The second kappa shape index (κ2) is 9.69. The van der Waals surface area contributed by atoms with Gasteiger partial charge in [-0.05, 0) is 55.4 Å². The van der Waals surface area contributed by atoms with Crippen molar-refractivity contribution in [3.05, 3.63) is 59.7 Å². The smallest absolute Gasteiger partial charge is 0.220 e. The Bertz CT molecular complexity index is 641. The Labute approximate surface area is 149 Å². The van der Waals surface area contributed by atoms with Crippen LogP contribution in [0.15, 0.2) is 48.5 Å². The normalized spacial score (nSPS) is 10.6. The van der Waals surface area contributed by atoms with Crippen LogP contribution in [-0.4, -0.2) is 33.7 Å². The lowest BCUT2D eigenvalue weighted by molar-refractivity contribution is -0.121. The van der Waals surface area contributed by atoms with Gasteiger partial charge in [0.2, 0.25) is 5.91 Å². The van der Waals surface area contributed by atoms with Crippen molar-refractivity contribution in [2.45, 2.75) is 18.9 Å². The molecule has 2 aromatic rings. The molecule has 5 nitrogen and oxygen atoms in total. The van der Waals surface area contributed by atoms with E-state index in [1.54, 1.807) is 14.2 Å². The Kier molecular flexibility index (Phi) is 7.29. The Morgan fingerprint density at radius 1 is 1.00 bits per heavy atom. The molecule has 0 atom stereocenters. The van der Waals surface area contributed by atoms with Gasteiger partial charge in [-0.2, -0.15) is 0 Å². The second-order valence-electron chi connectivity index (χ2n) is 5.76. The maximum atomic E-state index is 12.4. The van der Waals surface area contributed by atoms with Crippen LogP contribution < -0.4 is 20.1 Å². The van der Waals surface area contributed by atoms with E-state index in [0.29, 0.717) is 6.42 Å². The van der Waals surface area contributed by atoms with Gasteiger partial charge >= 0.3 is 0 Å². The SMILES string of the molecule is CNCCCC(=O)NC(c1cccc(OC)c1)c1cccc(OC)c1. The zero-order chi connectivity index (χ0) is 18.1. The second-order valence-corrected chi connectivity index (χ2v) is 5.76. The molecular formula is C20H26N2O3. The fraction of sp³-hybridized carbons (Fsp3) is 0.350. The van der Waals surface area contributed by atoms with Gasteiger partial charge < -0.3 is 20.1 Å². The molecule has 0 fully saturated rings. The number of amides is 1. The topological polar surface area (TPSA) is 59.6 Å². The van der Waals surface area contributed by atoms with Gasteiger partial charge in [-0.15, -0.1) is 0 Å². The molecule has 0 aliphatic carbocycles. The van der Waals surface area contributed by atoms with Crippen LogP contribution >= 0.6 is 0 Å². The van der Waals surface area contributed by atoms with Gasteiger partial charge in [0, 0.05) is 6.42 Å². The molecule has 0 heterocycles. The number of ether oxygens (including phenoxy) is 2. The van der Waals surface area contributed by atoms with Crippen LogP contribution in [0.3, 0.4) is 0 Å². The highest BCUT2D eigenvalue weighted by atomic mass is 16.5. The molecule has 25 heavy (non-hydrogen) atoms. The molecule has 2 rings (SSSR count). The van der Waals surface area contributed by atoms with Crippen molar-refractivity contribution in [3.63, 3.8) is 0 Å². The molecule has 0 aromatic heterocycles. The summed E-state index contributed by atoms with van der Waals surface area (Å²) < 4.78 is 10.6. The van der Waals surface area contributed by atoms with Gasteiger partial charge in [0.05, 0.1) is 20.3 Å². The van der Waals surface area contributed by atoms with Gasteiger partial charge in [0.15, 0.2) is 0 Å². The summed E-state index contributed by atoms with van der Waals surface area (Å²) in [4.78, 5) is 12.4. The molecule has 1 amide bonds. The van der Waals surface area contributed by atoms with E-state index in [1.165, 1.54) is 0 Å². The van der Waals surface area contributed by atoms with Gasteiger partial charge in [-0.25, -0.2) is 0 Å². The minimum atomic E-state index is -0.257. The van der Waals surface area contributed by atoms with Crippen LogP contribution in [0.25, 0.3) is 0 Å². The third-order valence-electron chi connectivity index (χ3n) is 3.99. The zero-order valence-corrected chi connectivity index (χ0v) is 15.0. The average Bonchev–Trinajstić information content (AvgIpc) is 2.66. The maximum absolute atomic E-state index is 12.4. The number of hydrogen-bond donors (Lipinski definition) is 2. The van der Waals surface area contributed by atoms with Crippen molar-refractivity contribution in [3.8, 4) is 11.5 Å². The van der Waals surface area contributed by atoms with Crippen molar-refractivity contribution >= 4 is 5.91 Å². The monoisotopic (exact) mass is 342 g/mol. The highest BCUT2D eigenvalue weighted by molar-refractivity contribution is 5.77. The largest absolute Gasteiger partial charge is 0.497 e. The summed E-state index contributed by atoms with van der Waals surface area (Å²) in [5.41, 5.74) is 1.93. The van der Waals surface area contributed by atoms with Crippen LogP contribution in [0.5, 0.6) is 11.5 Å². The lowest BCUT2D eigenvalue weighted by Gasteiger charge is -2.21. The van der Waals surface area contributed by atoms with E-state index in [1.807, 2.05) is 55.6 Å². The quantitative estimate of drug-likeness (QED) is 0.688. The number of carbonyl (C=O) groups excluding carboxylic acids is 1. The van der Waals surface area contributed by atoms with Crippen LogP contribution in [0.1, 0.15) is 30.0 Å². The third-order valence-corrected chi connectivity index (χ3v) is 3.99. The van der Waals surface area contributed by atoms with Gasteiger partial charge in [0.1, 0.15) is 11.5 Å². The number of methoxy groups -OCH3 is 2. The molecule has 0 spiro atoms. The molecule has 0 aliphatic heterocycles. The highest BCUT2D eigenvalue weighted by Crippen LogP contribution is 2.27. The molecule has 2 N–H and O–H groups in total. The lowest BCUT2D eigenvalue weighted by atomic mass is 9.98. The van der Waals surface area contributed by atoms with E-state index < -0.39 is 0 Å². The molecule has 0 unspecified atom stereocenters. The Hall–Kier alpha value is -2.53. The Morgan fingerprint density at radius 2 is 1.56 bits per heavy atom. The van der Waals surface area contributed by atoms with Gasteiger partial charge in [0.25, 0.3) is 0 Å².